The van der Waals surface area contributed by atoms with E-state index in [9.17, 15) is 0 Å². The van der Waals surface area contributed by atoms with Crippen LogP contribution in [0.5, 0.6) is 0 Å². The summed E-state index contributed by atoms with van der Waals surface area (Å²) in [6.07, 6.45) is 1.83. The summed E-state index contributed by atoms with van der Waals surface area (Å²) in [5, 5.41) is 12.0. The van der Waals surface area contributed by atoms with Gasteiger partial charge in [0.1, 0.15) is 5.01 Å². The van der Waals surface area contributed by atoms with Crippen LogP contribution in [0.2, 0.25) is 10.3 Å². The van der Waals surface area contributed by atoms with Gasteiger partial charge in [0.15, 0.2) is 10.3 Å². The van der Waals surface area contributed by atoms with Crippen molar-refractivity contribution in [3.05, 3.63) is 32.5 Å². The minimum absolute atomic E-state index is 0.303. The van der Waals surface area contributed by atoms with Gasteiger partial charge in [-0.25, -0.2) is 4.98 Å². The Morgan fingerprint density at radius 2 is 2.19 bits per heavy atom. The molecule has 0 radical (unpaired) electrons. The van der Waals surface area contributed by atoms with E-state index >= 15 is 0 Å². The van der Waals surface area contributed by atoms with E-state index in [0.717, 1.165) is 5.01 Å². The zero-order valence-electron chi connectivity index (χ0n) is 8.37. The molecule has 0 saturated heterocycles. The number of nitrogens with one attached hydrogen (secondary N) is 1. The minimum Gasteiger partial charge on any atom is -0.376 e. The number of anilines is 1. The topological polar surface area (TPSA) is 50.7 Å². The first-order valence-corrected chi connectivity index (χ1v) is 6.06. The third-order valence-corrected chi connectivity index (χ3v) is 3.19. The van der Waals surface area contributed by atoms with Crippen LogP contribution in [0.3, 0.4) is 0 Å². The highest BCUT2D eigenvalue weighted by Gasteiger charge is 2.05. The van der Waals surface area contributed by atoms with Crippen molar-refractivity contribution in [3.63, 3.8) is 0 Å². The van der Waals surface area contributed by atoms with E-state index < -0.39 is 0 Å². The molecule has 0 amide bonds. The van der Waals surface area contributed by atoms with Crippen LogP contribution in [0.25, 0.3) is 0 Å². The van der Waals surface area contributed by atoms with Crippen LogP contribution >= 0.6 is 34.5 Å². The normalized spacial score (nSPS) is 10.4. The van der Waals surface area contributed by atoms with Gasteiger partial charge in [-0.3, -0.25) is 0 Å². The average Bonchev–Trinajstić information content (AvgIpc) is 2.66. The zero-order chi connectivity index (χ0) is 11.5. The molecule has 0 atom stereocenters. The first-order valence-electron chi connectivity index (χ1n) is 4.49. The maximum atomic E-state index is 5.86. The Hall–Kier alpha value is -0.910. The van der Waals surface area contributed by atoms with Crippen molar-refractivity contribution in [1.82, 2.24) is 15.2 Å². The van der Waals surface area contributed by atoms with E-state index in [4.69, 9.17) is 23.2 Å². The molecule has 0 fully saturated rings. The molecule has 1 N–H and O–H groups in total. The van der Waals surface area contributed by atoms with Gasteiger partial charge in [0, 0.05) is 17.1 Å². The summed E-state index contributed by atoms with van der Waals surface area (Å²) in [5.41, 5.74) is 0.662. The van der Waals surface area contributed by atoms with Crippen molar-refractivity contribution in [2.24, 2.45) is 0 Å². The number of rotatable bonds is 3. The molecule has 2 rings (SSSR count). The van der Waals surface area contributed by atoms with E-state index in [1.807, 2.05) is 13.1 Å². The van der Waals surface area contributed by atoms with Crippen molar-refractivity contribution in [2.75, 3.05) is 5.32 Å². The summed E-state index contributed by atoms with van der Waals surface area (Å²) < 4.78 is 0. The van der Waals surface area contributed by atoms with Crippen molar-refractivity contribution < 1.29 is 0 Å². The Morgan fingerprint density at radius 3 is 2.88 bits per heavy atom. The van der Waals surface area contributed by atoms with Gasteiger partial charge in [0.05, 0.1) is 12.2 Å². The second-order valence-electron chi connectivity index (χ2n) is 3.09. The van der Waals surface area contributed by atoms with Gasteiger partial charge in [-0.2, -0.15) is 0 Å². The molecule has 4 nitrogen and oxygen atoms in total. The van der Waals surface area contributed by atoms with Gasteiger partial charge in [-0.1, -0.05) is 23.2 Å². The number of nitrogens with zero attached hydrogens (tertiary/aromatic N) is 3. The highest BCUT2D eigenvalue weighted by Crippen LogP contribution is 2.22. The Labute approximate surface area is 107 Å². The molecule has 0 saturated carbocycles. The predicted molar refractivity (Wildman–Crippen MR) is 66.2 cm³/mol. The Balaban J connectivity index is 2.07. The number of hydrogen-bond acceptors (Lipinski definition) is 5. The molecule has 2 aromatic heterocycles. The SMILES string of the molecule is Cc1cnc(CNc2cc(Cl)nnc2Cl)s1. The first kappa shape index (κ1) is 11.6. The van der Waals surface area contributed by atoms with Crippen molar-refractivity contribution in [1.29, 1.82) is 0 Å². The van der Waals surface area contributed by atoms with Gasteiger partial charge in [0.2, 0.25) is 0 Å². The fraction of sp³-hybridized carbons (Fsp3) is 0.222. The zero-order valence-corrected chi connectivity index (χ0v) is 10.7. The van der Waals surface area contributed by atoms with E-state index in [1.165, 1.54) is 4.88 Å². The minimum atomic E-state index is 0.303. The second kappa shape index (κ2) is 4.95. The lowest BCUT2D eigenvalue weighted by atomic mass is 10.4. The third-order valence-electron chi connectivity index (χ3n) is 1.82. The summed E-state index contributed by atoms with van der Waals surface area (Å²) in [6, 6.07) is 1.64. The van der Waals surface area contributed by atoms with Gasteiger partial charge in [0.25, 0.3) is 0 Å². The molecular formula is C9H8Cl2N4S. The van der Waals surface area contributed by atoms with Crippen molar-refractivity contribution in [3.8, 4) is 0 Å². The molecule has 2 heterocycles. The van der Waals surface area contributed by atoms with Gasteiger partial charge < -0.3 is 5.32 Å². The molecule has 0 aliphatic heterocycles. The molecule has 84 valence electrons. The van der Waals surface area contributed by atoms with Crippen LogP contribution in [0, 0.1) is 6.92 Å². The number of halogens is 2. The average molecular weight is 275 g/mol. The lowest BCUT2D eigenvalue weighted by Crippen LogP contribution is -2.01. The predicted octanol–water partition coefficient (Wildman–Crippen LogP) is 3.16. The highest BCUT2D eigenvalue weighted by molar-refractivity contribution is 7.11. The van der Waals surface area contributed by atoms with Crippen molar-refractivity contribution in [2.45, 2.75) is 13.5 Å². The van der Waals surface area contributed by atoms with Crippen molar-refractivity contribution >= 4 is 40.2 Å². The molecule has 2 aromatic rings. The smallest absolute Gasteiger partial charge is 0.174 e. The van der Waals surface area contributed by atoms with E-state index in [-0.39, 0.29) is 0 Å². The van der Waals surface area contributed by atoms with E-state index in [2.05, 4.69) is 20.5 Å². The molecular weight excluding hydrogens is 267 g/mol. The molecule has 0 aromatic carbocycles. The number of aryl methyl sites for hydroxylation is 1. The Morgan fingerprint density at radius 1 is 1.38 bits per heavy atom. The lowest BCUT2D eigenvalue weighted by Gasteiger charge is -2.04. The molecule has 0 unspecified atom stereocenters. The molecule has 0 aliphatic carbocycles. The highest BCUT2D eigenvalue weighted by atomic mass is 35.5. The summed E-state index contributed by atoms with van der Waals surface area (Å²) in [6.45, 7) is 2.61. The quantitative estimate of drug-likeness (QED) is 0.934. The van der Waals surface area contributed by atoms with Gasteiger partial charge in [-0.05, 0) is 6.92 Å². The first-order chi connectivity index (χ1) is 7.65. The fourth-order valence-corrected chi connectivity index (χ4v) is 2.16. The van der Waals surface area contributed by atoms with Crippen LogP contribution in [-0.2, 0) is 6.54 Å². The van der Waals surface area contributed by atoms with Crippen LogP contribution in [-0.4, -0.2) is 15.2 Å². The summed E-state index contributed by atoms with van der Waals surface area (Å²) in [4.78, 5) is 5.40. The summed E-state index contributed by atoms with van der Waals surface area (Å²) in [5.74, 6) is 0. The van der Waals surface area contributed by atoms with Crippen LogP contribution in [0.4, 0.5) is 5.69 Å². The largest absolute Gasteiger partial charge is 0.376 e. The Bertz CT molecular complexity index is 500. The van der Waals surface area contributed by atoms with Crippen LogP contribution in [0.15, 0.2) is 12.3 Å². The summed E-state index contributed by atoms with van der Waals surface area (Å²) >= 11 is 13.2. The number of hydrogen-bond donors (Lipinski definition) is 1. The summed E-state index contributed by atoms with van der Waals surface area (Å²) in [7, 11) is 0. The number of thiazole rings is 1. The second-order valence-corrected chi connectivity index (χ2v) is 5.15. The van der Waals surface area contributed by atoms with Gasteiger partial charge >= 0.3 is 0 Å². The van der Waals surface area contributed by atoms with E-state index in [0.29, 0.717) is 22.5 Å². The Kier molecular flexibility index (Phi) is 3.58. The maximum Gasteiger partial charge on any atom is 0.174 e. The molecule has 7 heteroatoms. The monoisotopic (exact) mass is 274 g/mol. The lowest BCUT2D eigenvalue weighted by molar-refractivity contribution is 1.02. The van der Waals surface area contributed by atoms with Gasteiger partial charge in [-0.15, -0.1) is 21.5 Å². The van der Waals surface area contributed by atoms with Crippen LogP contribution in [0.1, 0.15) is 9.88 Å². The molecule has 0 aliphatic rings. The molecule has 0 bridgehead atoms. The third kappa shape index (κ3) is 2.81. The molecule has 16 heavy (non-hydrogen) atoms. The van der Waals surface area contributed by atoms with Crippen LogP contribution < -0.4 is 5.32 Å². The standard InChI is InChI=1S/C9H8Cl2N4S/c1-5-3-13-8(16-5)4-12-6-2-7(10)14-15-9(6)11/h2-3H,4H2,1H3,(H,12,14). The molecule has 0 spiro atoms. The van der Waals surface area contributed by atoms with E-state index in [1.54, 1.807) is 17.4 Å². The fourth-order valence-electron chi connectivity index (χ4n) is 1.13. The number of aromatic nitrogens is 3. The maximum absolute atomic E-state index is 5.86.